The second kappa shape index (κ2) is 4.60. The topological polar surface area (TPSA) is 40.0 Å². The van der Waals surface area contributed by atoms with Gasteiger partial charge in [-0.15, -0.1) is 0 Å². The first-order chi connectivity index (χ1) is 9.39. The molecule has 0 amide bonds. The summed E-state index contributed by atoms with van der Waals surface area (Å²) in [6, 6.07) is 8.04. The Morgan fingerprint density at radius 1 is 1.00 bits per heavy atom. The fraction of sp³-hybridized carbons (Fsp3) is 0.533. The molecule has 1 aromatic carbocycles. The molecule has 2 aliphatic heterocycles. The van der Waals surface area contributed by atoms with Crippen molar-refractivity contribution < 1.29 is 14.0 Å². The van der Waals surface area contributed by atoms with Gasteiger partial charge in [0.25, 0.3) is 0 Å². The van der Waals surface area contributed by atoms with Crippen molar-refractivity contribution in [2.45, 2.75) is 38.9 Å². The first-order valence-corrected chi connectivity index (χ1v) is 7.02. The SMILES string of the molecule is CC1(C)OB(c2ccc(C3=NCCO3)cc2)OC1(C)C. The number of hydrogen-bond donors (Lipinski definition) is 0. The van der Waals surface area contributed by atoms with Crippen molar-refractivity contribution >= 4 is 18.5 Å². The van der Waals surface area contributed by atoms with Crippen LogP contribution in [-0.4, -0.2) is 37.4 Å². The van der Waals surface area contributed by atoms with E-state index in [0.717, 1.165) is 23.5 Å². The zero-order chi connectivity index (χ0) is 14.4. The van der Waals surface area contributed by atoms with Crippen molar-refractivity contribution in [2.75, 3.05) is 13.2 Å². The molecule has 0 aliphatic carbocycles. The van der Waals surface area contributed by atoms with Gasteiger partial charge in [-0.2, -0.15) is 0 Å². The number of benzene rings is 1. The summed E-state index contributed by atoms with van der Waals surface area (Å²) in [5, 5.41) is 0. The van der Waals surface area contributed by atoms with E-state index in [1.54, 1.807) is 0 Å². The lowest BCUT2D eigenvalue weighted by atomic mass is 9.79. The Bertz CT molecular complexity index is 521. The molecule has 1 saturated heterocycles. The summed E-state index contributed by atoms with van der Waals surface area (Å²) in [4.78, 5) is 4.31. The first kappa shape index (κ1) is 13.6. The standard InChI is InChI=1S/C15H20BNO3/c1-14(2)15(3,4)20-16(19-14)12-7-5-11(6-8-12)13-17-9-10-18-13/h5-8H,9-10H2,1-4H3. The van der Waals surface area contributed by atoms with Gasteiger partial charge in [0.15, 0.2) is 0 Å². The maximum atomic E-state index is 6.03. The molecule has 0 N–H and O–H groups in total. The average Bonchev–Trinajstić information content (AvgIpc) is 2.97. The Kier molecular flexibility index (Phi) is 3.14. The minimum atomic E-state index is -0.319. The van der Waals surface area contributed by atoms with E-state index in [1.165, 1.54) is 0 Å². The summed E-state index contributed by atoms with van der Waals surface area (Å²) < 4.78 is 17.5. The Balaban J connectivity index is 1.79. The van der Waals surface area contributed by atoms with Gasteiger partial charge in [0.05, 0.1) is 17.7 Å². The number of ether oxygens (including phenoxy) is 1. The van der Waals surface area contributed by atoms with Crippen molar-refractivity contribution in [1.29, 1.82) is 0 Å². The number of hydrogen-bond acceptors (Lipinski definition) is 4. The molecule has 0 bridgehead atoms. The normalized spacial score (nSPS) is 23.6. The van der Waals surface area contributed by atoms with Gasteiger partial charge >= 0.3 is 7.12 Å². The smallest absolute Gasteiger partial charge is 0.476 e. The van der Waals surface area contributed by atoms with Crippen LogP contribution in [0, 0.1) is 0 Å². The highest BCUT2D eigenvalue weighted by atomic mass is 16.7. The highest BCUT2D eigenvalue weighted by molar-refractivity contribution is 6.62. The van der Waals surface area contributed by atoms with E-state index < -0.39 is 0 Å². The molecule has 106 valence electrons. The van der Waals surface area contributed by atoms with E-state index in [9.17, 15) is 0 Å². The summed E-state index contributed by atoms with van der Waals surface area (Å²) in [6.07, 6.45) is 0. The Morgan fingerprint density at radius 3 is 2.10 bits per heavy atom. The maximum absolute atomic E-state index is 6.03. The van der Waals surface area contributed by atoms with Gasteiger partial charge in [0.1, 0.15) is 6.61 Å². The van der Waals surface area contributed by atoms with E-state index in [-0.39, 0.29) is 18.3 Å². The lowest BCUT2D eigenvalue weighted by molar-refractivity contribution is 0.00578. The van der Waals surface area contributed by atoms with Crippen LogP contribution in [-0.2, 0) is 14.0 Å². The van der Waals surface area contributed by atoms with Crippen LogP contribution in [0.15, 0.2) is 29.3 Å². The number of aliphatic imine (C=N–C) groups is 1. The third-order valence-corrected chi connectivity index (χ3v) is 4.27. The Morgan fingerprint density at radius 2 is 1.60 bits per heavy atom. The molecule has 0 unspecified atom stereocenters. The van der Waals surface area contributed by atoms with Gasteiger partial charge in [0, 0.05) is 5.56 Å². The zero-order valence-corrected chi connectivity index (χ0v) is 12.5. The molecule has 1 fully saturated rings. The van der Waals surface area contributed by atoms with Crippen LogP contribution in [0.5, 0.6) is 0 Å². The second-order valence-corrected chi connectivity index (χ2v) is 6.25. The lowest BCUT2D eigenvalue weighted by Gasteiger charge is -2.32. The van der Waals surface area contributed by atoms with Crippen LogP contribution in [0.25, 0.3) is 0 Å². The molecular weight excluding hydrogens is 253 g/mol. The maximum Gasteiger partial charge on any atom is 0.494 e. The van der Waals surface area contributed by atoms with E-state index >= 15 is 0 Å². The molecule has 5 heteroatoms. The van der Waals surface area contributed by atoms with Crippen LogP contribution >= 0.6 is 0 Å². The fourth-order valence-corrected chi connectivity index (χ4v) is 2.27. The third kappa shape index (κ3) is 2.25. The Labute approximate surface area is 120 Å². The summed E-state index contributed by atoms with van der Waals surface area (Å²) in [7, 11) is -0.319. The summed E-state index contributed by atoms with van der Waals surface area (Å²) in [5.74, 6) is 0.727. The van der Waals surface area contributed by atoms with Gasteiger partial charge < -0.3 is 14.0 Å². The lowest BCUT2D eigenvalue weighted by Crippen LogP contribution is -2.41. The largest absolute Gasteiger partial charge is 0.494 e. The molecule has 2 heterocycles. The van der Waals surface area contributed by atoms with Crippen molar-refractivity contribution in [3.05, 3.63) is 29.8 Å². The van der Waals surface area contributed by atoms with E-state index in [2.05, 4.69) is 32.7 Å². The minimum Gasteiger partial charge on any atom is -0.476 e. The number of rotatable bonds is 2. The van der Waals surface area contributed by atoms with Crippen LogP contribution in [0.1, 0.15) is 33.3 Å². The quantitative estimate of drug-likeness (QED) is 0.771. The monoisotopic (exact) mass is 273 g/mol. The van der Waals surface area contributed by atoms with Crippen molar-refractivity contribution in [3.63, 3.8) is 0 Å². The number of nitrogens with zero attached hydrogens (tertiary/aromatic N) is 1. The van der Waals surface area contributed by atoms with Crippen LogP contribution in [0.3, 0.4) is 0 Å². The molecular formula is C15H20BNO3. The first-order valence-electron chi connectivity index (χ1n) is 7.02. The van der Waals surface area contributed by atoms with Crippen molar-refractivity contribution in [3.8, 4) is 0 Å². The van der Waals surface area contributed by atoms with Crippen molar-refractivity contribution in [2.24, 2.45) is 4.99 Å². The molecule has 0 aromatic heterocycles. The molecule has 0 spiro atoms. The van der Waals surface area contributed by atoms with Crippen LogP contribution < -0.4 is 5.46 Å². The van der Waals surface area contributed by atoms with Gasteiger partial charge in [0.2, 0.25) is 5.90 Å². The predicted molar refractivity (Wildman–Crippen MR) is 79.5 cm³/mol. The fourth-order valence-electron chi connectivity index (χ4n) is 2.27. The van der Waals surface area contributed by atoms with Gasteiger partial charge in [-0.3, -0.25) is 0 Å². The zero-order valence-electron chi connectivity index (χ0n) is 12.5. The molecule has 3 rings (SSSR count). The van der Waals surface area contributed by atoms with Gasteiger partial charge in [-0.1, -0.05) is 12.1 Å². The summed E-state index contributed by atoms with van der Waals surface area (Å²) in [6.45, 7) is 9.65. The highest BCUT2D eigenvalue weighted by Crippen LogP contribution is 2.36. The summed E-state index contributed by atoms with van der Waals surface area (Å²) >= 11 is 0. The molecule has 4 nitrogen and oxygen atoms in total. The molecule has 2 aliphatic rings. The van der Waals surface area contributed by atoms with Crippen molar-refractivity contribution in [1.82, 2.24) is 0 Å². The summed E-state index contributed by atoms with van der Waals surface area (Å²) in [5.41, 5.74) is 1.40. The third-order valence-electron chi connectivity index (χ3n) is 4.27. The second-order valence-electron chi connectivity index (χ2n) is 6.25. The average molecular weight is 273 g/mol. The molecule has 20 heavy (non-hydrogen) atoms. The molecule has 1 aromatic rings. The van der Waals surface area contributed by atoms with Crippen LogP contribution in [0.2, 0.25) is 0 Å². The Hall–Kier alpha value is -1.33. The van der Waals surface area contributed by atoms with E-state index in [0.29, 0.717) is 6.61 Å². The van der Waals surface area contributed by atoms with E-state index in [4.69, 9.17) is 14.0 Å². The van der Waals surface area contributed by atoms with Gasteiger partial charge in [-0.25, -0.2) is 4.99 Å². The molecule has 0 radical (unpaired) electrons. The predicted octanol–water partition coefficient (Wildman–Crippen LogP) is 1.76. The van der Waals surface area contributed by atoms with Crippen LogP contribution in [0.4, 0.5) is 0 Å². The molecule has 0 atom stereocenters. The molecule has 0 saturated carbocycles. The minimum absolute atomic E-state index is 0.311. The highest BCUT2D eigenvalue weighted by Gasteiger charge is 2.51. The van der Waals surface area contributed by atoms with Gasteiger partial charge in [-0.05, 0) is 45.3 Å². The van der Waals surface area contributed by atoms with E-state index in [1.807, 2.05) is 24.3 Å².